The van der Waals surface area contributed by atoms with E-state index >= 15 is 0 Å². The molecule has 0 aliphatic carbocycles. The maximum absolute atomic E-state index is 13.4. The van der Waals surface area contributed by atoms with Crippen molar-refractivity contribution >= 4 is 10.8 Å². The summed E-state index contributed by atoms with van der Waals surface area (Å²) in [4.78, 5) is 0.244. The highest BCUT2D eigenvalue weighted by Crippen LogP contribution is 2.17. The van der Waals surface area contributed by atoms with Gasteiger partial charge in [0, 0.05) is 0 Å². The number of halogens is 1. The van der Waals surface area contributed by atoms with Gasteiger partial charge in [0.2, 0.25) is 0 Å². The van der Waals surface area contributed by atoms with Crippen molar-refractivity contribution in [1.29, 1.82) is 0 Å². The molecule has 2 aromatic carbocycles. The van der Waals surface area contributed by atoms with Crippen LogP contribution in [0.5, 0.6) is 5.75 Å². The molecule has 0 radical (unpaired) electrons. The van der Waals surface area contributed by atoms with Gasteiger partial charge in [-0.3, -0.25) is 4.21 Å². The summed E-state index contributed by atoms with van der Waals surface area (Å²) < 4.78 is 30.5. The molecule has 0 fully saturated rings. The normalized spacial score (nSPS) is 12.1. The zero-order chi connectivity index (χ0) is 13.0. The van der Waals surface area contributed by atoms with E-state index in [1.54, 1.807) is 37.4 Å². The molecule has 2 aromatic rings. The van der Waals surface area contributed by atoms with Crippen LogP contribution in [-0.4, -0.2) is 11.3 Å². The smallest absolute Gasteiger partial charge is 0.139 e. The summed E-state index contributed by atoms with van der Waals surface area (Å²) in [7, 11) is 0.219. The molecular weight excluding hydrogens is 251 g/mol. The average Bonchev–Trinajstić information content (AvgIpc) is 2.40. The lowest BCUT2D eigenvalue weighted by molar-refractivity contribution is 0.414. The summed E-state index contributed by atoms with van der Waals surface area (Å²) in [5.41, 5.74) is 0.886. The number of hydrogen-bond acceptors (Lipinski definition) is 2. The Labute approximate surface area is 108 Å². The molecule has 0 aliphatic heterocycles. The van der Waals surface area contributed by atoms with Crippen molar-refractivity contribution < 1.29 is 13.3 Å². The Hall–Kier alpha value is -1.68. The third-order valence-corrected chi connectivity index (χ3v) is 3.96. The molecular formula is C14H13FO2S. The van der Waals surface area contributed by atoms with Gasteiger partial charge in [-0.25, -0.2) is 4.39 Å². The molecule has 94 valence electrons. The first-order chi connectivity index (χ1) is 8.70. The lowest BCUT2D eigenvalue weighted by Crippen LogP contribution is -1.99. The van der Waals surface area contributed by atoms with Crippen LogP contribution in [0.3, 0.4) is 0 Å². The standard InChI is InChI=1S/C14H13FO2S/c1-17-12-8-6-11(7-9-12)10-18(16)14-5-3-2-4-13(14)15/h2-9H,10H2,1H3. The van der Waals surface area contributed by atoms with Crippen LogP contribution < -0.4 is 4.74 Å². The van der Waals surface area contributed by atoms with Crippen LogP contribution in [-0.2, 0) is 16.6 Å². The molecule has 4 heteroatoms. The molecule has 0 saturated carbocycles. The van der Waals surface area contributed by atoms with Crippen LogP contribution in [0.2, 0.25) is 0 Å². The van der Waals surface area contributed by atoms with E-state index in [0.717, 1.165) is 11.3 Å². The Balaban J connectivity index is 2.14. The van der Waals surface area contributed by atoms with Crippen molar-refractivity contribution in [1.82, 2.24) is 0 Å². The number of ether oxygens (including phenoxy) is 1. The Morgan fingerprint density at radius 2 is 1.78 bits per heavy atom. The van der Waals surface area contributed by atoms with Gasteiger partial charge in [0.25, 0.3) is 0 Å². The average molecular weight is 264 g/mol. The van der Waals surface area contributed by atoms with E-state index in [9.17, 15) is 8.60 Å². The third kappa shape index (κ3) is 2.96. The first kappa shape index (κ1) is 12.8. The van der Waals surface area contributed by atoms with Crippen LogP contribution in [0, 0.1) is 5.82 Å². The van der Waals surface area contributed by atoms with Gasteiger partial charge in [-0.2, -0.15) is 0 Å². The van der Waals surface area contributed by atoms with E-state index in [1.165, 1.54) is 6.07 Å². The van der Waals surface area contributed by atoms with E-state index in [2.05, 4.69) is 0 Å². The summed E-state index contributed by atoms with van der Waals surface area (Å²) >= 11 is 0. The largest absolute Gasteiger partial charge is 0.497 e. The number of hydrogen-bond donors (Lipinski definition) is 0. The molecule has 0 saturated heterocycles. The van der Waals surface area contributed by atoms with Gasteiger partial charge in [-0.15, -0.1) is 0 Å². The summed E-state index contributed by atoms with van der Waals surface area (Å²) in [5, 5.41) is 0. The lowest BCUT2D eigenvalue weighted by atomic mass is 10.2. The van der Waals surface area contributed by atoms with E-state index in [1.807, 2.05) is 12.1 Å². The molecule has 2 nitrogen and oxygen atoms in total. The Morgan fingerprint density at radius 1 is 1.11 bits per heavy atom. The molecule has 1 unspecified atom stereocenters. The highest BCUT2D eigenvalue weighted by atomic mass is 32.2. The van der Waals surface area contributed by atoms with Crippen molar-refractivity contribution in [3.63, 3.8) is 0 Å². The SMILES string of the molecule is COc1ccc(CS(=O)c2ccccc2F)cc1. The van der Waals surface area contributed by atoms with E-state index in [-0.39, 0.29) is 4.90 Å². The zero-order valence-electron chi connectivity index (χ0n) is 9.93. The van der Waals surface area contributed by atoms with Gasteiger partial charge in [0.1, 0.15) is 11.6 Å². The molecule has 0 aliphatic rings. The molecule has 1 atom stereocenters. The van der Waals surface area contributed by atoms with Gasteiger partial charge in [0.05, 0.1) is 28.6 Å². The quantitative estimate of drug-likeness (QED) is 0.848. The minimum absolute atomic E-state index is 0.244. The van der Waals surface area contributed by atoms with Gasteiger partial charge < -0.3 is 4.74 Å². The molecule has 0 amide bonds. The Kier molecular flexibility index (Phi) is 4.10. The molecule has 0 heterocycles. The fourth-order valence-corrected chi connectivity index (χ4v) is 2.75. The van der Waals surface area contributed by atoms with Gasteiger partial charge in [-0.1, -0.05) is 24.3 Å². The highest BCUT2D eigenvalue weighted by Gasteiger charge is 2.09. The molecule has 0 N–H and O–H groups in total. The second-order valence-electron chi connectivity index (χ2n) is 3.77. The molecule has 0 bridgehead atoms. The predicted octanol–water partition coefficient (Wildman–Crippen LogP) is 3.14. The summed E-state index contributed by atoms with van der Waals surface area (Å²) in [6, 6.07) is 13.4. The van der Waals surface area contributed by atoms with E-state index < -0.39 is 16.6 Å². The summed E-state index contributed by atoms with van der Waals surface area (Å²) in [6.45, 7) is 0. The van der Waals surface area contributed by atoms with Crippen molar-refractivity contribution in [2.75, 3.05) is 7.11 Å². The van der Waals surface area contributed by atoms with E-state index in [4.69, 9.17) is 4.74 Å². The van der Waals surface area contributed by atoms with E-state index in [0.29, 0.717) is 5.75 Å². The summed E-state index contributed by atoms with van der Waals surface area (Å²) in [6.07, 6.45) is 0. The Morgan fingerprint density at radius 3 is 2.39 bits per heavy atom. The van der Waals surface area contributed by atoms with Crippen LogP contribution in [0.1, 0.15) is 5.56 Å². The zero-order valence-corrected chi connectivity index (χ0v) is 10.7. The van der Waals surface area contributed by atoms with Gasteiger partial charge >= 0.3 is 0 Å². The molecule has 0 spiro atoms. The first-order valence-corrected chi connectivity index (χ1v) is 6.78. The van der Waals surface area contributed by atoms with Crippen molar-refractivity contribution in [2.24, 2.45) is 0 Å². The lowest BCUT2D eigenvalue weighted by Gasteiger charge is -2.05. The second-order valence-corrected chi connectivity index (χ2v) is 5.19. The molecule has 0 aromatic heterocycles. The van der Waals surface area contributed by atoms with Gasteiger partial charge in [0.15, 0.2) is 0 Å². The summed E-state index contributed by atoms with van der Waals surface area (Å²) in [5.74, 6) is 0.616. The van der Waals surface area contributed by atoms with Crippen molar-refractivity contribution in [2.45, 2.75) is 10.6 Å². The highest BCUT2D eigenvalue weighted by molar-refractivity contribution is 7.84. The fourth-order valence-electron chi connectivity index (χ4n) is 1.58. The number of methoxy groups -OCH3 is 1. The predicted molar refractivity (Wildman–Crippen MR) is 69.5 cm³/mol. The minimum Gasteiger partial charge on any atom is -0.497 e. The van der Waals surface area contributed by atoms with Crippen LogP contribution in [0.15, 0.2) is 53.4 Å². The number of rotatable bonds is 4. The van der Waals surface area contributed by atoms with Crippen molar-refractivity contribution in [3.05, 3.63) is 59.9 Å². The maximum Gasteiger partial charge on any atom is 0.139 e. The van der Waals surface area contributed by atoms with Crippen LogP contribution in [0.25, 0.3) is 0 Å². The first-order valence-electron chi connectivity index (χ1n) is 5.46. The monoisotopic (exact) mass is 264 g/mol. The Bertz CT molecular complexity index is 552. The minimum atomic E-state index is -1.37. The van der Waals surface area contributed by atoms with Crippen LogP contribution in [0.4, 0.5) is 4.39 Å². The fraction of sp³-hybridized carbons (Fsp3) is 0.143. The van der Waals surface area contributed by atoms with Crippen molar-refractivity contribution in [3.8, 4) is 5.75 Å². The number of benzene rings is 2. The topological polar surface area (TPSA) is 26.3 Å². The van der Waals surface area contributed by atoms with Crippen LogP contribution >= 0.6 is 0 Å². The molecule has 2 rings (SSSR count). The molecule has 18 heavy (non-hydrogen) atoms. The maximum atomic E-state index is 13.4. The second kappa shape index (κ2) is 5.78. The third-order valence-electron chi connectivity index (χ3n) is 2.54. The van der Waals surface area contributed by atoms with Gasteiger partial charge in [-0.05, 0) is 29.8 Å².